The SMILES string of the molecule is CC(C)(C)c1ccc(Nc2ccccc2-c2cc(N(c3ccccc3)c3ccccc3)c3c4cc(C(C)(C)C)ccc4n4c3c2Bc2cc3c(cc2-4)-c2ccccc2C3(C)C)cc1. The molecule has 0 unspecified atom stereocenters. The van der Waals surface area contributed by atoms with Crippen LogP contribution in [0.25, 0.3) is 49.7 Å². The largest absolute Gasteiger partial charge is 0.355 e. The van der Waals surface area contributed by atoms with E-state index in [1.54, 1.807) is 0 Å². The van der Waals surface area contributed by atoms with Gasteiger partial charge in [-0.1, -0.05) is 164 Å². The van der Waals surface area contributed by atoms with Gasteiger partial charge in [0, 0.05) is 50.2 Å². The summed E-state index contributed by atoms with van der Waals surface area (Å²) < 4.78 is 2.63. The van der Waals surface area contributed by atoms with Crippen LogP contribution in [0.4, 0.5) is 28.4 Å². The van der Waals surface area contributed by atoms with Crippen LogP contribution >= 0.6 is 0 Å². The second-order valence-corrected chi connectivity index (χ2v) is 20.3. The second-order valence-electron chi connectivity index (χ2n) is 20.3. The zero-order valence-corrected chi connectivity index (χ0v) is 37.8. The Kier molecular flexibility index (Phi) is 8.77. The molecule has 3 nitrogen and oxygen atoms in total. The van der Waals surface area contributed by atoms with Crippen LogP contribution in [0.3, 0.4) is 0 Å². The van der Waals surface area contributed by atoms with E-state index in [0.717, 1.165) is 35.7 Å². The Bertz CT molecular complexity index is 3210. The van der Waals surface area contributed by atoms with Gasteiger partial charge in [0.15, 0.2) is 7.28 Å². The van der Waals surface area contributed by atoms with E-state index in [-0.39, 0.29) is 16.2 Å². The molecule has 1 aliphatic heterocycles. The first kappa shape index (κ1) is 39.1. The normalized spacial score (nSPS) is 13.7. The number of nitrogens with zero attached hydrogens (tertiary/aromatic N) is 2. The van der Waals surface area contributed by atoms with Crippen molar-refractivity contribution >= 4 is 68.4 Å². The summed E-state index contributed by atoms with van der Waals surface area (Å²) in [6.07, 6.45) is 0. The fraction of sp³-hybridized carbons (Fsp3) is 0.186. The third kappa shape index (κ3) is 6.25. The Morgan fingerprint density at radius 1 is 0.540 bits per heavy atom. The molecular weight excluding hydrogens is 761 g/mol. The Labute approximate surface area is 373 Å². The highest BCUT2D eigenvalue weighted by Gasteiger charge is 2.38. The average molecular weight is 816 g/mol. The summed E-state index contributed by atoms with van der Waals surface area (Å²) in [5, 5.41) is 6.45. The molecular formula is C59H54BN3. The van der Waals surface area contributed by atoms with Crippen molar-refractivity contribution in [3.63, 3.8) is 0 Å². The van der Waals surface area contributed by atoms with Gasteiger partial charge in [-0.05, 0) is 122 Å². The quantitative estimate of drug-likeness (QED) is 0.169. The molecule has 11 rings (SSSR count). The summed E-state index contributed by atoms with van der Waals surface area (Å²) in [5.41, 5.74) is 22.6. The maximum absolute atomic E-state index is 3.90. The van der Waals surface area contributed by atoms with Crippen molar-refractivity contribution < 1.29 is 0 Å². The number of rotatable bonds is 6. The topological polar surface area (TPSA) is 20.2 Å². The fourth-order valence-electron chi connectivity index (χ4n) is 10.5. The minimum absolute atomic E-state index is 0.0337. The Morgan fingerprint density at radius 2 is 1.14 bits per heavy atom. The van der Waals surface area contributed by atoms with Crippen molar-refractivity contribution in [2.75, 3.05) is 10.2 Å². The van der Waals surface area contributed by atoms with Crippen LogP contribution in [0.1, 0.15) is 77.6 Å². The van der Waals surface area contributed by atoms with Crippen LogP contribution in [-0.4, -0.2) is 11.8 Å². The first-order chi connectivity index (χ1) is 30.3. The third-order valence-corrected chi connectivity index (χ3v) is 13.9. The standard InChI is InChI=1S/C59H54BN3/c1-57(2,3)37-27-30-39(31-28-37)61-50-26-18-16-24-43(50)45-35-53(62(40-19-11-9-12-20-40)41-21-13-10-14-22-41)54-46-33-38(58(4,5)6)29-32-51(46)63-52-34-44-42-23-15-17-25-47(42)59(7,8)48(44)36-49(52)60-55(45)56(54)63/h9-36,60-61H,1-8H3. The molecule has 0 amide bonds. The number of anilines is 5. The molecule has 0 radical (unpaired) electrons. The van der Waals surface area contributed by atoms with E-state index in [4.69, 9.17) is 0 Å². The first-order valence-electron chi connectivity index (χ1n) is 22.6. The number of hydrogen-bond acceptors (Lipinski definition) is 2. The maximum Gasteiger partial charge on any atom is 0.198 e. The lowest BCUT2D eigenvalue weighted by molar-refractivity contribution is 0.590. The van der Waals surface area contributed by atoms with Gasteiger partial charge in [-0.2, -0.15) is 0 Å². The number of nitrogens with one attached hydrogen (secondary N) is 1. The highest BCUT2D eigenvalue weighted by molar-refractivity contribution is 6.73. The van der Waals surface area contributed by atoms with Gasteiger partial charge in [0.2, 0.25) is 0 Å². The van der Waals surface area contributed by atoms with Crippen LogP contribution in [0.5, 0.6) is 0 Å². The molecule has 4 heteroatoms. The molecule has 2 aliphatic rings. The van der Waals surface area contributed by atoms with E-state index in [9.17, 15) is 0 Å². The van der Waals surface area contributed by atoms with Crippen molar-refractivity contribution in [3.8, 4) is 27.9 Å². The Morgan fingerprint density at radius 3 is 1.81 bits per heavy atom. The smallest absolute Gasteiger partial charge is 0.198 e. The van der Waals surface area contributed by atoms with Gasteiger partial charge in [0.1, 0.15) is 0 Å². The van der Waals surface area contributed by atoms with Crippen LogP contribution < -0.4 is 21.1 Å². The zero-order valence-electron chi connectivity index (χ0n) is 37.8. The first-order valence-corrected chi connectivity index (χ1v) is 22.6. The lowest BCUT2D eigenvalue weighted by Gasteiger charge is -2.30. The molecule has 0 saturated carbocycles. The molecule has 0 saturated heterocycles. The van der Waals surface area contributed by atoms with Gasteiger partial charge in [0.25, 0.3) is 0 Å². The van der Waals surface area contributed by atoms with E-state index in [0.29, 0.717) is 0 Å². The summed E-state index contributed by atoms with van der Waals surface area (Å²) in [5.74, 6) is 0. The van der Waals surface area contributed by atoms with Gasteiger partial charge in [0.05, 0.1) is 16.7 Å². The molecule has 0 fully saturated rings. The highest BCUT2D eigenvalue weighted by Crippen LogP contribution is 2.51. The molecule has 308 valence electrons. The van der Waals surface area contributed by atoms with E-state index in [2.05, 4.69) is 240 Å². The summed E-state index contributed by atoms with van der Waals surface area (Å²) in [7, 11) is 0.814. The van der Waals surface area contributed by atoms with Gasteiger partial charge in [-0.3, -0.25) is 0 Å². The molecule has 9 aromatic rings. The van der Waals surface area contributed by atoms with Crippen LogP contribution in [0.15, 0.2) is 170 Å². The lowest BCUT2D eigenvalue weighted by atomic mass is 9.58. The predicted molar refractivity (Wildman–Crippen MR) is 272 cm³/mol. The summed E-state index contributed by atoms with van der Waals surface area (Å²) >= 11 is 0. The van der Waals surface area contributed by atoms with Gasteiger partial charge in [-0.15, -0.1) is 0 Å². The highest BCUT2D eigenvalue weighted by atomic mass is 15.1. The van der Waals surface area contributed by atoms with E-state index < -0.39 is 0 Å². The van der Waals surface area contributed by atoms with Crippen molar-refractivity contribution in [3.05, 3.63) is 192 Å². The van der Waals surface area contributed by atoms with Crippen molar-refractivity contribution in [1.29, 1.82) is 0 Å². The van der Waals surface area contributed by atoms with Gasteiger partial charge >= 0.3 is 0 Å². The summed E-state index contributed by atoms with van der Waals surface area (Å²) in [4.78, 5) is 2.48. The minimum atomic E-state index is -0.103. The number of fused-ring (bicyclic) bond motifs is 8. The van der Waals surface area contributed by atoms with Crippen LogP contribution in [0, 0.1) is 0 Å². The monoisotopic (exact) mass is 815 g/mol. The maximum atomic E-state index is 3.90. The van der Waals surface area contributed by atoms with Gasteiger partial charge in [-0.25, -0.2) is 0 Å². The molecule has 63 heavy (non-hydrogen) atoms. The van der Waals surface area contributed by atoms with Crippen LogP contribution in [0.2, 0.25) is 0 Å². The molecule has 2 heterocycles. The molecule has 1 aromatic heterocycles. The van der Waals surface area contributed by atoms with E-state index in [1.807, 2.05) is 0 Å². The third-order valence-electron chi connectivity index (χ3n) is 13.9. The molecule has 1 N–H and O–H groups in total. The van der Waals surface area contributed by atoms with E-state index >= 15 is 0 Å². The summed E-state index contributed by atoms with van der Waals surface area (Å²) in [6, 6.07) is 63.6. The summed E-state index contributed by atoms with van der Waals surface area (Å²) in [6.45, 7) is 18.6. The molecule has 1 aliphatic carbocycles. The van der Waals surface area contributed by atoms with Crippen molar-refractivity contribution in [2.24, 2.45) is 0 Å². The molecule has 0 atom stereocenters. The molecule has 8 aromatic carbocycles. The fourth-order valence-corrected chi connectivity index (χ4v) is 10.5. The molecule has 0 spiro atoms. The second kappa shape index (κ2) is 14.1. The van der Waals surface area contributed by atoms with Crippen molar-refractivity contribution in [2.45, 2.75) is 71.6 Å². The average Bonchev–Trinajstić information content (AvgIpc) is 3.73. The number of aromatic nitrogens is 1. The zero-order chi connectivity index (χ0) is 43.4. The van der Waals surface area contributed by atoms with E-state index in [1.165, 1.54) is 82.9 Å². The number of benzene rings is 8. The minimum Gasteiger partial charge on any atom is -0.355 e. The Balaban J connectivity index is 1.26. The van der Waals surface area contributed by atoms with Gasteiger partial charge < -0.3 is 14.8 Å². The number of hydrogen-bond donors (Lipinski definition) is 1. The number of para-hydroxylation sites is 3. The van der Waals surface area contributed by atoms with Crippen LogP contribution in [-0.2, 0) is 16.2 Å². The lowest BCUT2D eigenvalue weighted by Crippen LogP contribution is -2.38. The van der Waals surface area contributed by atoms with Crippen molar-refractivity contribution in [1.82, 2.24) is 4.57 Å². The predicted octanol–water partition coefficient (Wildman–Crippen LogP) is 14.3. The molecule has 0 bridgehead atoms. The Hall–Kier alpha value is -6.78.